The van der Waals surface area contributed by atoms with Crippen molar-refractivity contribution in [2.45, 2.75) is 13.0 Å². The molecule has 1 aliphatic rings. The van der Waals surface area contributed by atoms with Crippen molar-refractivity contribution in [2.75, 3.05) is 7.11 Å². The second kappa shape index (κ2) is 8.08. The Balaban J connectivity index is 1.65. The summed E-state index contributed by atoms with van der Waals surface area (Å²) in [5, 5.41) is 14.0. The van der Waals surface area contributed by atoms with E-state index in [1.54, 1.807) is 35.9 Å². The second-order valence-corrected chi connectivity index (χ2v) is 6.72. The van der Waals surface area contributed by atoms with Crippen LogP contribution >= 0.6 is 0 Å². The fraction of sp³-hybridized carbons (Fsp3) is 0.143. The summed E-state index contributed by atoms with van der Waals surface area (Å²) in [6, 6.07) is 13.8. The molecule has 0 saturated carbocycles. The molecule has 4 rings (SSSR count). The Morgan fingerprint density at radius 2 is 1.73 bits per heavy atom. The first-order valence-corrected chi connectivity index (χ1v) is 9.18. The van der Waals surface area contributed by atoms with E-state index in [1.165, 1.54) is 0 Å². The van der Waals surface area contributed by atoms with Gasteiger partial charge < -0.3 is 14.4 Å². The minimum absolute atomic E-state index is 0.103. The zero-order valence-electron chi connectivity index (χ0n) is 16.1. The van der Waals surface area contributed by atoms with Crippen LogP contribution in [-0.2, 0) is 17.8 Å². The van der Waals surface area contributed by atoms with Crippen LogP contribution in [0, 0.1) is 0 Å². The van der Waals surface area contributed by atoms with Crippen molar-refractivity contribution < 1.29 is 19.4 Å². The minimum atomic E-state index is -0.617. The predicted molar refractivity (Wildman–Crippen MR) is 109 cm³/mol. The standard InChI is InChI=1S/C21H19N5O4/c1-30-17-8-4-13(5-9-17)10-15-12-26(11-14-2-6-16(27)7-3-14)20(22-15)23-18-19(28)25-21(29)24-18/h2-9,12,27H,10-11H2,1H3,(H2,22,23,24,25,28,29). The van der Waals surface area contributed by atoms with Gasteiger partial charge in [-0.2, -0.15) is 4.99 Å². The molecule has 9 nitrogen and oxygen atoms in total. The Morgan fingerprint density at radius 1 is 1.03 bits per heavy atom. The number of nitrogens with one attached hydrogen (secondary N) is 2. The molecule has 30 heavy (non-hydrogen) atoms. The molecule has 152 valence electrons. The maximum absolute atomic E-state index is 11.9. The Kier molecular flexibility index (Phi) is 5.17. The van der Waals surface area contributed by atoms with E-state index >= 15 is 0 Å². The molecule has 1 aliphatic heterocycles. The molecular weight excluding hydrogens is 386 g/mol. The van der Waals surface area contributed by atoms with Crippen LogP contribution in [0.2, 0.25) is 0 Å². The first-order chi connectivity index (χ1) is 14.5. The van der Waals surface area contributed by atoms with Crippen LogP contribution in [0.5, 0.6) is 11.5 Å². The van der Waals surface area contributed by atoms with Gasteiger partial charge in [0.15, 0.2) is 0 Å². The average Bonchev–Trinajstić information content (AvgIpc) is 3.25. The molecule has 0 bridgehead atoms. The van der Waals surface area contributed by atoms with Gasteiger partial charge in [-0.15, -0.1) is 0 Å². The quantitative estimate of drug-likeness (QED) is 0.543. The number of phenolic OH excluding ortho intramolecular Hbond substituents is 1. The Labute approximate surface area is 172 Å². The molecule has 1 aromatic heterocycles. The summed E-state index contributed by atoms with van der Waals surface area (Å²) in [6.07, 6.45) is 2.41. The Bertz CT molecular complexity index is 1120. The summed E-state index contributed by atoms with van der Waals surface area (Å²) >= 11 is 0. The zero-order chi connectivity index (χ0) is 21.1. The highest BCUT2D eigenvalue weighted by Crippen LogP contribution is 2.20. The molecule has 0 unspecified atom stereocenters. The monoisotopic (exact) mass is 405 g/mol. The summed E-state index contributed by atoms with van der Waals surface area (Å²) in [5.74, 6) is 0.533. The zero-order valence-corrected chi connectivity index (χ0v) is 16.1. The van der Waals surface area contributed by atoms with E-state index in [2.05, 4.69) is 20.6 Å². The van der Waals surface area contributed by atoms with Gasteiger partial charge in [-0.05, 0) is 35.4 Å². The van der Waals surface area contributed by atoms with Crippen LogP contribution in [0.25, 0.3) is 0 Å². The van der Waals surface area contributed by atoms with Gasteiger partial charge >= 0.3 is 6.03 Å². The molecule has 0 radical (unpaired) electrons. The molecule has 0 atom stereocenters. The van der Waals surface area contributed by atoms with E-state index in [-0.39, 0.29) is 11.6 Å². The molecule has 3 amide bonds. The average molecular weight is 405 g/mol. The number of amidine groups is 1. The van der Waals surface area contributed by atoms with E-state index < -0.39 is 11.9 Å². The van der Waals surface area contributed by atoms with Crippen molar-refractivity contribution in [3.05, 3.63) is 71.5 Å². The lowest BCUT2D eigenvalue weighted by molar-refractivity contribution is -0.113. The molecule has 2 aromatic carbocycles. The number of methoxy groups -OCH3 is 1. The van der Waals surface area contributed by atoms with Crippen LogP contribution in [0.1, 0.15) is 16.8 Å². The molecule has 0 spiro atoms. The first kappa shape index (κ1) is 19.2. The molecular formula is C21H19N5O4. The highest BCUT2D eigenvalue weighted by atomic mass is 16.5. The highest BCUT2D eigenvalue weighted by molar-refractivity contribution is 6.47. The van der Waals surface area contributed by atoms with Gasteiger partial charge in [0.1, 0.15) is 11.5 Å². The van der Waals surface area contributed by atoms with Crippen molar-refractivity contribution in [1.82, 2.24) is 20.2 Å². The summed E-state index contributed by atoms with van der Waals surface area (Å²) < 4.78 is 6.97. The molecule has 3 aromatic rings. The van der Waals surface area contributed by atoms with Crippen LogP contribution in [0.15, 0.2) is 59.7 Å². The number of hydrogen-bond acceptors (Lipinski definition) is 6. The third-order valence-electron chi connectivity index (χ3n) is 4.52. The number of aliphatic imine (C=N–C) groups is 1. The summed E-state index contributed by atoms with van der Waals surface area (Å²) in [7, 11) is 1.61. The van der Waals surface area contributed by atoms with Crippen molar-refractivity contribution in [3.63, 3.8) is 0 Å². The number of hydrogen-bond donors (Lipinski definition) is 3. The van der Waals surface area contributed by atoms with Gasteiger partial charge in [-0.3, -0.25) is 15.4 Å². The number of imide groups is 1. The minimum Gasteiger partial charge on any atom is -0.508 e. The van der Waals surface area contributed by atoms with Gasteiger partial charge in [-0.1, -0.05) is 24.3 Å². The van der Waals surface area contributed by atoms with Crippen molar-refractivity contribution in [2.24, 2.45) is 4.99 Å². The summed E-state index contributed by atoms with van der Waals surface area (Å²) in [5.41, 5.74) is 2.71. The SMILES string of the molecule is COc1ccc(Cc2cn(Cc3ccc(O)cc3)c(/N=C3\NC(=O)NC3=O)n2)cc1. The number of rotatable bonds is 6. The van der Waals surface area contributed by atoms with E-state index in [4.69, 9.17) is 4.74 Å². The van der Waals surface area contributed by atoms with Crippen LogP contribution in [-0.4, -0.2) is 39.5 Å². The lowest BCUT2D eigenvalue weighted by Crippen LogP contribution is -2.22. The lowest BCUT2D eigenvalue weighted by Gasteiger charge is -2.05. The molecule has 1 fully saturated rings. The van der Waals surface area contributed by atoms with Crippen LogP contribution in [0.3, 0.4) is 0 Å². The molecule has 1 saturated heterocycles. The smallest absolute Gasteiger partial charge is 0.327 e. The number of carbonyl (C=O) groups is 2. The van der Waals surface area contributed by atoms with E-state index in [1.807, 2.05) is 30.5 Å². The number of benzene rings is 2. The number of aromatic hydroxyl groups is 1. The normalized spacial score (nSPS) is 14.6. The number of aromatic nitrogens is 2. The topological polar surface area (TPSA) is 118 Å². The van der Waals surface area contributed by atoms with Crippen molar-refractivity contribution in [3.8, 4) is 11.5 Å². The number of ether oxygens (including phenoxy) is 1. The lowest BCUT2D eigenvalue weighted by atomic mass is 10.1. The molecule has 2 heterocycles. The van der Waals surface area contributed by atoms with Gasteiger partial charge in [-0.25, -0.2) is 9.78 Å². The summed E-state index contributed by atoms with van der Waals surface area (Å²) in [6.45, 7) is 0.428. The third-order valence-corrected chi connectivity index (χ3v) is 4.52. The molecule has 3 N–H and O–H groups in total. The van der Waals surface area contributed by atoms with Gasteiger partial charge in [0, 0.05) is 12.6 Å². The third kappa shape index (κ3) is 4.30. The van der Waals surface area contributed by atoms with Crippen LogP contribution < -0.4 is 15.4 Å². The number of imidazole rings is 1. The van der Waals surface area contributed by atoms with Gasteiger partial charge in [0.25, 0.3) is 5.91 Å². The highest BCUT2D eigenvalue weighted by Gasteiger charge is 2.25. The number of nitrogens with zero attached hydrogens (tertiary/aromatic N) is 3. The van der Waals surface area contributed by atoms with E-state index in [0.717, 1.165) is 22.6 Å². The Hall–Kier alpha value is -4.14. The molecule has 9 heteroatoms. The van der Waals surface area contributed by atoms with E-state index in [0.29, 0.717) is 18.9 Å². The molecule has 0 aliphatic carbocycles. The summed E-state index contributed by atoms with van der Waals surface area (Å²) in [4.78, 5) is 32.0. The number of urea groups is 1. The van der Waals surface area contributed by atoms with E-state index in [9.17, 15) is 14.7 Å². The van der Waals surface area contributed by atoms with Gasteiger partial charge in [0.2, 0.25) is 11.8 Å². The predicted octanol–water partition coefficient (Wildman–Crippen LogP) is 2.11. The van der Waals surface area contributed by atoms with Crippen molar-refractivity contribution >= 4 is 23.7 Å². The first-order valence-electron chi connectivity index (χ1n) is 9.18. The number of phenols is 1. The van der Waals surface area contributed by atoms with Crippen LogP contribution in [0.4, 0.5) is 10.7 Å². The fourth-order valence-electron chi connectivity index (χ4n) is 3.04. The van der Waals surface area contributed by atoms with Crippen molar-refractivity contribution in [1.29, 1.82) is 0 Å². The second-order valence-electron chi connectivity index (χ2n) is 6.72. The number of carbonyl (C=O) groups excluding carboxylic acids is 2. The Morgan fingerprint density at radius 3 is 2.37 bits per heavy atom. The fourth-order valence-corrected chi connectivity index (χ4v) is 3.04. The number of amides is 3. The largest absolute Gasteiger partial charge is 0.508 e. The maximum Gasteiger partial charge on any atom is 0.327 e. The maximum atomic E-state index is 11.9. The van der Waals surface area contributed by atoms with Gasteiger partial charge in [0.05, 0.1) is 19.3 Å².